The van der Waals surface area contributed by atoms with Crippen LogP contribution in [-0.2, 0) is 17.8 Å². The number of benzene rings is 3. The van der Waals surface area contributed by atoms with E-state index in [0.29, 0.717) is 29.4 Å². The van der Waals surface area contributed by atoms with Crippen molar-refractivity contribution in [2.24, 2.45) is 5.92 Å². The number of anilines is 2. The van der Waals surface area contributed by atoms with Crippen molar-refractivity contribution >= 4 is 34.6 Å². The van der Waals surface area contributed by atoms with E-state index < -0.39 is 0 Å². The monoisotopic (exact) mass is 506 g/mol. The maximum absolute atomic E-state index is 13.6. The highest BCUT2D eigenvalue weighted by molar-refractivity contribution is 6.30. The van der Waals surface area contributed by atoms with Crippen molar-refractivity contribution in [2.75, 3.05) is 37.0 Å². The van der Waals surface area contributed by atoms with E-state index in [2.05, 4.69) is 15.1 Å². The molecule has 1 amide bonds. The molecule has 1 N–H and O–H groups in total. The van der Waals surface area contributed by atoms with Gasteiger partial charge in [-0.1, -0.05) is 29.8 Å². The van der Waals surface area contributed by atoms with Crippen LogP contribution in [0.15, 0.2) is 66.7 Å². The molecule has 0 aliphatic carbocycles. The lowest BCUT2D eigenvalue weighted by molar-refractivity contribution is -0.384. The zero-order chi connectivity index (χ0) is 25.2. The van der Waals surface area contributed by atoms with Gasteiger partial charge >= 0.3 is 0 Å². The number of halogens is 1. The predicted molar refractivity (Wildman–Crippen MR) is 140 cm³/mol. The van der Waals surface area contributed by atoms with Gasteiger partial charge in [-0.2, -0.15) is 0 Å². The molecule has 2 atom stereocenters. The number of hydrogen-bond acceptors (Lipinski definition) is 6. The highest BCUT2D eigenvalue weighted by Crippen LogP contribution is 2.38. The lowest BCUT2D eigenvalue weighted by Gasteiger charge is -2.49. The molecule has 3 aromatic rings. The van der Waals surface area contributed by atoms with E-state index in [1.807, 2.05) is 48.5 Å². The van der Waals surface area contributed by atoms with Crippen LogP contribution in [0, 0.1) is 16.0 Å². The summed E-state index contributed by atoms with van der Waals surface area (Å²) < 4.78 is 5.29. The standard InChI is InChI=1S/C27H27ClN4O4/c1-36-23-4-2-3-21(15-23)29-27(33)24-14-19-13-22(32(34)35)9-10-25(19)31-12-11-30(17-26(24)31)16-18-5-7-20(28)8-6-18/h2-10,13,15,24,26H,11-12,14,16-17H2,1H3,(H,29,33)/t24-,26-/m0/s1. The van der Waals surface area contributed by atoms with E-state index in [4.69, 9.17) is 16.3 Å². The third-order valence-corrected chi connectivity index (χ3v) is 7.24. The molecule has 0 unspecified atom stereocenters. The van der Waals surface area contributed by atoms with E-state index in [1.165, 1.54) is 0 Å². The Morgan fingerprint density at radius 3 is 2.69 bits per heavy atom. The Bertz CT molecular complexity index is 1280. The third-order valence-electron chi connectivity index (χ3n) is 6.98. The number of nitrogens with one attached hydrogen (secondary N) is 1. The minimum absolute atomic E-state index is 0.0422. The number of non-ortho nitro benzene ring substituents is 1. The molecule has 1 fully saturated rings. The van der Waals surface area contributed by atoms with Crippen LogP contribution < -0.4 is 15.0 Å². The number of nitrogens with zero attached hydrogens (tertiary/aromatic N) is 3. The zero-order valence-corrected chi connectivity index (χ0v) is 20.6. The number of carbonyl (C=O) groups excluding carboxylic acids is 1. The van der Waals surface area contributed by atoms with Crippen molar-refractivity contribution in [1.82, 2.24) is 4.90 Å². The molecule has 0 saturated carbocycles. The molecule has 8 nitrogen and oxygen atoms in total. The van der Waals surface area contributed by atoms with Crippen molar-refractivity contribution in [2.45, 2.75) is 19.0 Å². The molecule has 0 radical (unpaired) electrons. The second-order valence-electron chi connectivity index (χ2n) is 9.22. The molecule has 0 spiro atoms. The van der Waals surface area contributed by atoms with Crippen LogP contribution in [0.4, 0.5) is 17.1 Å². The Morgan fingerprint density at radius 1 is 1.14 bits per heavy atom. The Balaban J connectivity index is 1.43. The van der Waals surface area contributed by atoms with Gasteiger partial charge in [-0.25, -0.2) is 0 Å². The second-order valence-corrected chi connectivity index (χ2v) is 9.66. The number of amides is 1. The first-order chi connectivity index (χ1) is 17.4. The molecule has 1 saturated heterocycles. The van der Waals surface area contributed by atoms with Gasteiger partial charge in [0, 0.05) is 60.8 Å². The van der Waals surface area contributed by atoms with Gasteiger partial charge in [0.2, 0.25) is 5.91 Å². The topological polar surface area (TPSA) is 87.9 Å². The summed E-state index contributed by atoms with van der Waals surface area (Å²) in [5.41, 5.74) is 3.67. The summed E-state index contributed by atoms with van der Waals surface area (Å²) in [5, 5.41) is 15.2. The number of nitro groups is 1. The van der Waals surface area contributed by atoms with Crippen LogP contribution in [0.3, 0.4) is 0 Å². The number of methoxy groups -OCH3 is 1. The number of fused-ring (bicyclic) bond motifs is 3. The molecule has 3 aromatic carbocycles. The van der Waals surface area contributed by atoms with Crippen LogP contribution in [-0.4, -0.2) is 48.5 Å². The van der Waals surface area contributed by atoms with E-state index in [1.54, 1.807) is 25.3 Å². The molecular weight excluding hydrogens is 480 g/mol. The average molecular weight is 507 g/mol. The summed E-state index contributed by atoms with van der Waals surface area (Å²) in [6.07, 6.45) is 0.433. The highest BCUT2D eigenvalue weighted by atomic mass is 35.5. The molecule has 0 bridgehead atoms. The Morgan fingerprint density at radius 2 is 1.94 bits per heavy atom. The lowest BCUT2D eigenvalue weighted by Crippen LogP contribution is -2.60. The lowest BCUT2D eigenvalue weighted by atomic mass is 9.83. The van der Waals surface area contributed by atoms with Crippen LogP contribution in [0.5, 0.6) is 5.75 Å². The zero-order valence-electron chi connectivity index (χ0n) is 19.9. The van der Waals surface area contributed by atoms with Gasteiger partial charge in [0.15, 0.2) is 0 Å². The number of piperazine rings is 1. The number of rotatable bonds is 6. The van der Waals surface area contributed by atoms with Crippen molar-refractivity contribution in [3.63, 3.8) is 0 Å². The van der Waals surface area contributed by atoms with Crippen LogP contribution in [0.1, 0.15) is 11.1 Å². The summed E-state index contributed by atoms with van der Waals surface area (Å²) in [7, 11) is 1.58. The van der Waals surface area contributed by atoms with E-state index >= 15 is 0 Å². The predicted octanol–water partition coefficient (Wildman–Crippen LogP) is 4.76. The molecule has 2 aliphatic heterocycles. The van der Waals surface area contributed by atoms with Gasteiger partial charge < -0.3 is 15.0 Å². The van der Waals surface area contributed by atoms with Gasteiger partial charge in [-0.3, -0.25) is 19.8 Å². The van der Waals surface area contributed by atoms with Gasteiger partial charge in [0.25, 0.3) is 5.69 Å². The maximum atomic E-state index is 13.6. The summed E-state index contributed by atoms with van der Waals surface area (Å²) >= 11 is 6.05. The Kier molecular flexibility index (Phi) is 6.80. The minimum atomic E-state index is -0.387. The second kappa shape index (κ2) is 10.2. The number of hydrogen-bond donors (Lipinski definition) is 1. The molecular formula is C27H27ClN4O4. The largest absolute Gasteiger partial charge is 0.497 e. The number of carbonyl (C=O) groups is 1. The summed E-state index contributed by atoms with van der Waals surface area (Å²) in [6.45, 7) is 3.01. The molecule has 186 valence electrons. The fourth-order valence-corrected chi connectivity index (χ4v) is 5.34. The molecule has 2 aliphatic rings. The smallest absolute Gasteiger partial charge is 0.269 e. The Hall–Kier alpha value is -3.62. The molecule has 5 rings (SSSR count). The van der Waals surface area contributed by atoms with Crippen LogP contribution in [0.25, 0.3) is 0 Å². The molecule has 36 heavy (non-hydrogen) atoms. The van der Waals surface area contributed by atoms with Crippen molar-refractivity contribution < 1.29 is 14.5 Å². The van der Waals surface area contributed by atoms with Gasteiger partial charge in [-0.05, 0) is 47.9 Å². The average Bonchev–Trinajstić information content (AvgIpc) is 2.89. The van der Waals surface area contributed by atoms with Crippen molar-refractivity contribution in [3.05, 3.63) is 93.0 Å². The molecule has 0 aromatic heterocycles. The minimum Gasteiger partial charge on any atom is -0.497 e. The van der Waals surface area contributed by atoms with Gasteiger partial charge in [0.05, 0.1) is 24.0 Å². The first-order valence-corrected chi connectivity index (χ1v) is 12.2. The van der Waals surface area contributed by atoms with Gasteiger partial charge in [-0.15, -0.1) is 0 Å². The fourth-order valence-electron chi connectivity index (χ4n) is 5.21. The highest BCUT2D eigenvalue weighted by Gasteiger charge is 2.42. The summed E-state index contributed by atoms with van der Waals surface area (Å²) in [6, 6.07) is 20.0. The number of ether oxygens (including phenoxy) is 1. The first kappa shape index (κ1) is 24.1. The third kappa shape index (κ3) is 5.01. The van der Waals surface area contributed by atoms with Crippen molar-refractivity contribution in [3.8, 4) is 5.75 Å². The quantitative estimate of drug-likeness (QED) is 0.383. The number of nitro benzene ring substituents is 1. The maximum Gasteiger partial charge on any atom is 0.269 e. The van der Waals surface area contributed by atoms with E-state index in [0.717, 1.165) is 36.4 Å². The van der Waals surface area contributed by atoms with Crippen LogP contribution in [0.2, 0.25) is 5.02 Å². The summed E-state index contributed by atoms with van der Waals surface area (Å²) in [5.74, 6) is 0.174. The fraction of sp³-hybridized carbons (Fsp3) is 0.296. The van der Waals surface area contributed by atoms with E-state index in [9.17, 15) is 14.9 Å². The van der Waals surface area contributed by atoms with E-state index in [-0.39, 0.29) is 28.5 Å². The first-order valence-electron chi connectivity index (χ1n) is 11.9. The summed E-state index contributed by atoms with van der Waals surface area (Å²) in [4.78, 5) is 29.2. The molecule has 9 heteroatoms. The SMILES string of the molecule is COc1cccc(NC(=O)[C@H]2Cc3cc([N+](=O)[O-])ccc3N3CCN(Cc4ccc(Cl)cc4)C[C@@H]23)c1. The molecule has 2 heterocycles. The van der Waals surface area contributed by atoms with Crippen LogP contribution >= 0.6 is 11.6 Å². The normalized spacial score (nSPS) is 19.2. The Labute approximate surface area is 214 Å². The van der Waals surface area contributed by atoms with Crippen molar-refractivity contribution in [1.29, 1.82) is 0 Å². The van der Waals surface area contributed by atoms with Gasteiger partial charge in [0.1, 0.15) is 5.75 Å².